The van der Waals surface area contributed by atoms with Gasteiger partial charge >= 0.3 is 11.9 Å². The summed E-state index contributed by atoms with van der Waals surface area (Å²) in [4.78, 5) is 80.7. The molecule has 288 valence electrons. The zero-order valence-corrected chi connectivity index (χ0v) is 33.1. The summed E-state index contributed by atoms with van der Waals surface area (Å²) in [5, 5.41) is 11.5. The number of aliphatic hydroxyl groups is 1. The van der Waals surface area contributed by atoms with Gasteiger partial charge in [0.2, 0.25) is 11.2 Å². The standard InChI is InChI=1S/C45H32N2O8S3/c48-36-25-15-7-8-16-26(25)37(49)34(36)46-31-19-29-33(45(31,43(52)54-21-23-11-3-1-4-12-23)44(53)55-22-24-13-5-2-6-14-24)41-42(56-29)40-30(57-41)20-32(58-40)47-35-38(50)27-17-9-10-18-28(27)39(35)51/h1-6,9-14,17-20,25-26,38,50H,7-8,15-16,21-22H2. The Kier molecular flexibility index (Phi) is 9.01. The Hall–Kier alpha value is -5.73. The van der Waals surface area contributed by atoms with E-state index in [0.29, 0.717) is 55.2 Å². The van der Waals surface area contributed by atoms with Crippen LogP contribution in [0.15, 0.2) is 107 Å². The van der Waals surface area contributed by atoms with Crippen LogP contribution in [0.2, 0.25) is 0 Å². The number of aliphatic imine (C=N–C) groups is 2. The van der Waals surface area contributed by atoms with Crippen LogP contribution in [0.4, 0.5) is 5.00 Å². The maximum absolute atomic E-state index is 15.0. The number of rotatable bonds is 8. The average Bonchev–Trinajstić information content (AvgIpc) is 4.06. The minimum atomic E-state index is -2.28. The lowest BCUT2D eigenvalue weighted by atomic mass is 9.81. The lowest BCUT2D eigenvalue weighted by Crippen LogP contribution is -2.46. The Morgan fingerprint density at radius 1 is 0.724 bits per heavy atom. The number of hydrogen-bond acceptors (Lipinski definition) is 13. The van der Waals surface area contributed by atoms with Gasteiger partial charge in [-0.25, -0.2) is 9.98 Å². The summed E-state index contributed by atoms with van der Waals surface area (Å²) in [6.07, 6.45) is 3.31. The molecule has 10 nitrogen and oxygen atoms in total. The lowest BCUT2D eigenvalue weighted by molar-refractivity contribution is -0.164. The smallest absolute Gasteiger partial charge is 0.334 e. The highest BCUT2D eigenvalue weighted by Gasteiger charge is 2.61. The number of aliphatic hydroxyl groups excluding tert-OH is 1. The summed E-state index contributed by atoms with van der Waals surface area (Å²) in [5.74, 6) is -3.86. The molecule has 3 unspecified atom stereocenters. The summed E-state index contributed by atoms with van der Waals surface area (Å²) in [6, 6.07) is 26.9. The normalized spacial score (nSPS) is 21.4. The minimum Gasteiger partial charge on any atom is -0.459 e. The lowest BCUT2D eigenvalue weighted by Gasteiger charge is -2.27. The van der Waals surface area contributed by atoms with Gasteiger partial charge in [-0.2, -0.15) is 0 Å². The predicted octanol–water partition coefficient (Wildman–Crippen LogP) is 8.66. The molecule has 0 saturated heterocycles. The van der Waals surface area contributed by atoms with Crippen molar-refractivity contribution in [1.29, 1.82) is 0 Å². The van der Waals surface area contributed by atoms with E-state index in [2.05, 4.69) is 4.99 Å². The highest BCUT2D eigenvalue weighted by molar-refractivity contribution is 7.40. The zero-order chi connectivity index (χ0) is 39.7. The molecule has 3 aromatic carbocycles. The van der Waals surface area contributed by atoms with Gasteiger partial charge in [-0.3, -0.25) is 24.0 Å². The Morgan fingerprint density at radius 3 is 1.95 bits per heavy atom. The number of carbonyl (C=O) groups is 5. The molecule has 10 rings (SSSR count). The molecule has 3 heterocycles. The molecule has 58 heavy (non-hydrogen) atoms. The van der Waals surface area contributed by atoms with Gasteiger partial charge in [0.25, 0.3) is 0 Å². The quantitative estimate of drug-likeness (QED) is 0.118. The number of benzene rings is 3. The highest BCUT2D eigenvalue weighted by Crippen LogP contribution is 2.57. The third kappa shape index (κ3) is 5.70. The molecular weight excluding hydrogens is 793 g/mol. The second-order valence-electron chi connectivity index (χ2n) is 14.8. The van der Waals surface area contributed by atoms with Crippen molar-refractivity contribution in [3.8, 4) is 0 Å². The van der Waals surface area contributed by atoms with Gasteiger partial charge < -0.3 is 14.6 Å². The van der Waals surface area contributed by atoms with Gasteiger partial charge in [0, 0.05) is 32.5 Å². The number of ketones is 3. The van der Waals surface area contributed by atoms with Crippen molar-refractivity contribution in [2.75, 3.05) is 0 Å². The van der Waals surface area contributed by atoms with E-state index < -0.39 is 35.3 Å². The van der Waals surface area contributed by atoms with E-state index in [9.17, 15) is 29.1 Å². The number of nitrogens with zero attached hydrogens (tertiary/aromatic N) is 2. The van der Waals surface area contributed by atoms with Crippen LogP contribution in [0.5, 0.6) is 0 Å². The van der Waals surface area contributed by atoms with Gasteiger partial charge in [0.15, 0.2) is 11.6 Å². The minimum absolute atomic E-state index is 0.0453. The van der Waals surface area contributed by atoms with E-state index in [0.717, 1.165) is 26.9 Å². The van der Waals surface area contributed by atoms with Crippen molar-refractivity contribution in [1.82, 2.24) is 0 Å². The first-order chi connectivity index (χ1) is 28.2. The number of thiophene rings is 3. The third-order valence-electron chi connectivity index (χ3n) is 11.4. The van der Waals surface area contributed by atoms with Crippen molar-refractivity contribution in [2.24, 2.45) is 21.8 Å². The number of hydrogen-bond donors (Lipinski definition) is 1. The molecule has 0 aliphatic heterocycles. The van der Waals surface area contributed by atoms with Crippen molar-refractivity contribution < 1.29 is 38.6 Å². The molecule has 6 aromatic rings. The molecule has 2 saturated carbocycles. The summed E-state index contributed by atoms with van der Waals surface area (Å²) in [6.45, 7) is -0.306. The number of Topliss-reactive ketones (excluding diaryl/α,β-unsaturated/α-hetero) is 3. The van der Waals surface area contributed by atoms with Crippen molar-refractivity contribution in [3.63, 3.8) is 0 Å². The molecule has 4 aliphatic rings. The molecule has 0 spiro atoms. The molecule has 3 aromatic heterocycles. The van der Waals surface area contributed by atoms with Crippen LogP contribution in [0.3, 0.4) is 0 Å². The molecule has 4 aliphatic carbocycles. The molecular formula is C45H32N2O8S3. The van der Waals surface area contributed by atoms with Crippen LogP contribution < -0.4 is 0 Å². The van der Waals surface area contributed by atoms with Crippen LogP contribution in [0.1, 0.15) is 69.3 Å². The monoisotopic (exact) mass is 824 g/mol. The van der Waals surface area contributed by atoms with Gasteiger partial charge in [-0.05, 0) is 41.7 Å². The van der Waals surface area contributed by atoms with Crippen molar-refractivity contribution >= 4 is 105 Å². The topological polar surface area (TPSA) is 149 Å². The van der Waals surface area contributed by atoms with Crippen LogP contribution in [0, 0.1) is 11.8 Å². The van der Waals surface area contributed by atoms with Gasteiger partial charge in [0.05, 0.1) is 19.8 Å². The highest BCUT2D eigenvalue weighted by atomic mass is 32.1. The fourth-order valence-corrected chi connectivity index (χ4v) is 12.8. The Morgan fingerprint density at radius 2 is 1.33 bits per heavy atom. The van der Waals surface area contributed by atoms with Gasteiger partial charge in [-0.15, -0.1) is 34.0 Å². The number of fused-ring (bicyclic) bond motifs is 7. The van der Waals surface area contributed by atoms with E-state index in [1.54, 1.807) is 54.6 Å². The molecule has 13 heteroatoms. The van der Waals surface area contributed by atoms with Crippen LogP contribution >= 0.6 is 34.0 Å². The number of ether oxygens (including phenoxy) is 2. The van der Waals surface area contributed by atoms with E-state index >= 15 is 0 Å². The van der Waals surface area contributed by atoms with Gasteiger partial charge in [-0.1, -0.05) is 97.8 Å². The summed E-state index contributed by atoms with van der Waals surface area (Å²) >= 11 is 4.02. The Labute approximate surface area is 343 Å². The van der Waals surface area contributed by atoms with Crippen molar-refractivity contribution in [3.05, 3.63) is 129 Å². The van der Waals surface area contributed by atoms with Gasteiger partial charge in [0.1, 0.15) is 35.7 Å². The van der Waals surface area contributed by atoms with E-state index in [-0.39, 0.29) is 47.7 Å². The largest absolute Gasteiger partial charge is 0.459 e. The Balaban J connectivity index is 1.12. The molecule has 3 atom stereocenters. The van der Waals surface area contributed by atoms with Crippen LogP contribution in [-0.4, -0.2) is 45.8 Å². The second kappa shape index (κ2) is 14.3. The fourth-order valence-electron chi connectivity index (χ4n) is 8.58. The zero-order valence-electron chi connectivity index (χ0n) is 30.6. The first-order valence-corrected chi connectivity index (χ1v) is 21.4. The van der Waals surface area contributed by atoms with E-state index in [1.165, 1.54) is 34.0 Å². The van der Waals surface area contributed by atoms with E-state index in [1.807, 2.05) is 42.5 Å². The maximum atomic E-state index is 15.0. The Bertz CT molecular complexity index is 2750. The van der Waals surface area contributed by atoms with Crippen LogP contribution in [-0.2, 0) is 47.3 Å². The second-order valence-corrected chi connectivity index (χ2v) is 17.9. The molecule has 0 amide bonds. The molecule has 0 bridgehead atoms. The predicted molar refractivity (Wildman–Crippen MR) is 223 cm³/mol. The van der Waals surface area contributed by atoms with Crippen molar-refractivity contribution in [2.45, 2.75) is 50.4 Å². The average molecular weight is 825 g/mol. The first kappa shape index (κ1) is 36.6. The third-order valence-corrected chi connectivity index (χ3v) is 15.2. The fraction of sp³-hybridized carbons (Fsp3) is 0.222. The summed E-state index contributed by atoms with van der Waals surface area (Å²) in [5.41, 5.74) is 0.0953. The summed E-state index contributed by atoms with van der Waals surface area (Å²) in [7, 11) is 0. The molecule has 0 radical (unpaired) electrons. The maximum Gasteiger partial charge on any atom is 0.334 e. The number of esters is 2. The molecule has 1 N–H and O–H groups in total. The first-order valence-electron chi connectivity index (χ1n) is 18.9. The van der Waals surface area contributed by atoms with E-state index in [4.69, 9.17) is 14.5 Å². The number of carbonyl (C=O) groups excluding carboxylic acids is 5. The van der Waals surface area contributed by atoms with Crippen LogP contribution in [0.25, 0.3) is 24.9 Å². The summed E-state index contributed by atoms with van der Waals surface area (Å²) < 4.78 is 15.1. The molecule has 2 fully saturated rings. The SMILES string of the molecule is O=C1C(=Nc2cc3sc4c5c(sc4c3s2)C=C(N=C2C(=O)C3CCCCC3C2=O)C5(C(=O)OCc2ccccc2)C(=O)OCc2ccccc2)C(O)c2ccccc21.